The molecule has 8 heteroatoms. The highest BCUT2D eigenvalue weighted by Gasteiger charge is 2.29. The molecule has 1 fully saturated rings. The number of amides is 1. The van der Waals surface area contributed by atoms with E-state index in [4.69, 9.17) is 14.5 Å². The van der Waals surface area contributed by atoms with Crippen molar-refractivity contribution in [2.45, 2.75) is 19.4 Å². The van der Waals surface area contributed by atoms with Crippen LogP contribution in [0.5, 0.6) is 11.6 Å². The summed E-state index contributed by atoms with van der Waals surface area (Å²) in [5.41, 5.74) is 4.50. The first kappa shape index (κ1) is 18.7. The minimum absolute atomic E-state index is 0.0724. The number of anilines is 1. The van der Waals surface area contributed by atoms with Gasteiger partial charge in [-0.05, 0) is 31.2 Å². The number of imidazole rings is 1. The monoisotopic (exact) mass is 407 g/mol. The Labute approximate surface area is 174 Å². The topological polar surface area (TPSA) is 81.5 Å². The summed E-state index contributed by atoms with van der Waals surface area (Å²) in [6.45, 7) is 4.16. The number of likely N-dealkylation sites (N-methyl/N-ethyl adjacent to an activating group) is 1. The van der Waals surface area contributed by atoms with Crippen molar-refractivity contribution in [3.63, 3.8) is 0 Å². The Balaban J connectivity index is 1.54. The van der Waals surface area contributed by atoms with E-state index in [0.717, 1.165) is 40.3 Å². The molecule has 2 aliphatic rings. The predicted octanol–water partition coefficient (Wildman–Crippen LogP) is 2.37. The van der Waals surface area contributed by atoms with E-state index < -0.39 is 0 Å². The minimum Gasteiger partial charge on any atom is -0.490 e. The molecule has 0 aliphatic carbocycles. The van der Waals surface area contributed by atoms with Crippen molar-refractivity contribution in [1.29, 1.82) is 0 Å². The number of rotatable bonds is 4. The van der Waals surface area contributed by atoms with Crippen molar-refractivity contribution < 1.29 is 14.3 Å². The predicted molar refractivity (Wildman–Crippen MR) is 114 cm³/mol. The van der Waals surface area contributed by atoms with Crippen LogP contribution in [0.4, 0.5) is 5.69 Å². The molecule has 0 radical (unpaired) electrons. The van der Waals surface area contributed by atoms with Crippen LogP contribution >= 0.6 is 0 Å². The Hall–Kier alpha value is -3.29. The zero-order chi connectivity index (χ0) is 20.8. The summed E-state index contributed by atoms with van der Waals surface area (Å²) in [5, 5.41) is 2.88. The van der Waals surface area contributed by atoms with E-state index in [-0.39, 0.29) is 17.9 Å². The molecular weight excluding hydrogens is 382 g/mol. The van der Waals surface area contributed by atoms with Crippen molar-refractivity contribution in [3.8, 4) is 22.9 Å². The number of ether oxygens (including phenoxy) is 2. The van der Waals surface area contributed by atoms with Gasteiger partial charge in [0, 0.05) is 38.5 Å². The molecule has 0 saturated carbocycles. The molecule has 4 heterocycles. The average Bonchev–Trinajstić information content (AvgIpc) is 3.34. The van der Waals surface area contributed by atoms with Gasteiger partial charge in [-0.2, -0.15) is 0 Å². The first-order valence-corrected chi connectivity index (χ1v) is 10.2. The normalized spacial score (nSPS) is 19.4. The van der Waals surface area contributed by atoms with Crippen molar-refractivity contribution >= 4 is 22.6 Å². The molecule has 2 aliphatic heterocycles. The number of nitrogens with one attached hydrogen (secondary N) is 1. The van der Waals surface area contributed by atoms with E-state index in [2.05, 4.69) is 28.3 Å². The summed E-state index contributed by atoms with van der Waals surface area (Å²) in [7, 11) is 3.99. The van der Waals surface area contributed by atoms with E-state index in [1.165, 1.54) is 0 Å². The SMILES string of the molecule is C[C@@H](Oc1nc(-c2ccc3c(c2)N(C)CCO3)cc2ncn(C)c12)[C@H]1CNC(=O)C1. The van der Waals surface area contributed by atoms with E-state index in [0.29, 0.717) is 25.5 Å². The molecule has 0 bridgehead atoms. The van der Waals surface area contributed by atoms with Gasteiger partial charge in [0.15, 0.2) is 0 Å². The van der Waals surface area contributed by atoms with Gasteiger partial charge in [0.1, 0.15) is 24.0 Å². The van der Waals surface area contributed by atoms with Gasteiger partial charge in [-0.15, -0.1) is 0 Å². The first-order chi connectivity index (χ1) is 14.5. The van der Waals surface area contributed by atoms with Crippen molar-refractivity contribution in [2.24, 2.45) is 13.0 Å². The Bertz CT molecular complexity index is 1130. The Morgan fingerprint density at radius 3 is 2.97 bits per heavy atom. The van der Waals surface area contributed by atoms with Gasteiger partial charge in [-0.25, -0.2) is 9.97 Å². The summed E-state index contributed by atoms with van der Waals surface area (Å²) in [6.07, 6.45) is 2.10. The van der Waals surface area contributed by atoms with Crippen molar-refractivity contribution in [3.05, 3.63) is 30.6 Å². The van der Waals surface area contributed by atoms with Gasteiger partial charge in [-0.3, -0.25) is 4.79 Å². The van der Waals surface area contributed by atoms with E-state index in [1.54, 1.807) is 6.33 Å². The van der Waals surface area contributed by atoms with Gasteiger partial charge in [0.05, 0.1) is 29.8 Å². The number of carbonyl (C=O) groups excluding carboxylic acids is 1. The number of fused-ring (bicyclic) bond motifs is 2. The van der Waals surface area contributed by atoms with Crippen LogP contribution in [0.1, 0.15) is 13.3 Å². The number of nitrogens with zero attached hydrogens (tertiary/aromatic N) is 4. The summed E-state index contributed by atoms with van der Waals surface area (Å²) in [5.74, 6) is 1.62. The van der Waals surface area contributed by atoms with Gasteiger partial charge in [0.25, 0.3) is 0 Å². The lowest BCUT2D eigenvalue weighted by atomic mass is 10.0. The van der Waals surface area contributed by atoms with Crippen molar-refractivity contribution in [1.82, 2.24) is 19.9 Å². The number of hydrogen-bond donors (Lipinski definition) is 1. The molecule has 2 aromatic heterocycles. The standard InChI is InChI=1S/C22H25N5O3/c1-13(15-9-20(28)23-11-15)30-22-21-17(24-12-27(21)3)10-16(25-22)14-4-5-19-18(8-14)26(2)6-7-29-19/h4-5,8,10,12-13,15H,6-7,9,11H2,1-3H3,(H,23,28)/t13-,15-/m1/s1. The van der Waals surface area contributed by atoms with Crippen LogP contribution in [0.3, 0.4) is 0 Å². The van der Waals surface area contributed by atoms with Crippen LogP contribution in [0.25, 0.3) is 22.3 Å². The maximum absolute atomic E-state index is 11.6. The van der Waals surface area contributed by atoms with Crippen LogP contribution in [0.2, 0.25) is 0 Å². The van der Waals surface area contributed by atoms with Crippen LogP contribution in [0.15, 0.2) is 30.6 Å². The van der Waals surface area contributed by atoms with Crippen LogP contribution < -0.4 is 19.7 Å². The fraction of sp³-hybridized carbons (Fsp3) is 0.409. The molecule has 30 heavy (non-hydrogen) atoms. The highest BCUT2D eigenvalue weighted by molar-refractivity contribution is 5.85. The second-order valence-electron chi connectivity index (χ2n) is 8.08. The minimum atomic E-state index is -0.145. The smallest absolute Gasteiger partial charge is 0.241 e. The molecule has 2 atom stereocenters. The zero-order valence-corrected chi connectivity index (χ0v) is 17.4. The number of pyridine rings is 1. The highest BCUT2D eigenvalue weighted by atomic mass is 16.5. The molecule has 3 aromatic rings. The first-order valence-electron chi connectivity index (χ1n) is 10.2. The Morgan fingerprint density at radius 2 is 2.17 bits per heavy atom. The maximum atomic E-state index is 11.6. The average molecular weight is 407 g/mol. The van der Waals surface area contributed by atoms with E-state index >= 15 is 0 Å². The third-order valence-corrected chi connectivity index (χ3v) is 5.98. The molecule has 1 N–H and O–H groups in total. The fourth-order valence-corrected chi connectivity index (χ4v) is 4.11. The lowest BCUT2D eigenvalue weighted by Crippen LogP contribution is -2.28. The lowest BCUT2D eigenvalue weighted by molar-refractivity contribution is -0.119. The molecule has 0 spiro atoms. The van der Waals surface area contributed by atoms with Crippen LogP contribution in [0, 0.1) is 5.92 Å². The molecule has 1 saturated heterocycles. The second kappa shape index (κ2) is 7.19. The quantitative estimate of drug-likeness (QED) is 0.715. The Morgan fingerprint density at radius 1 is 1.30 bits per heavy atom. The number of carbonyl (C=O) groups is 1. The molecule has 5 rings (SSSR count). The van der Waals surface area contributed by atoms with Gasteiger partial charge in [0.2, 0.25) is 11.8 Å². The van der Waals surface area contributed by atoms with Gasteiger partial charge < -0.3 is 24.3 Å². The molecule has 1 amide bonds. The third-order valence-electron chi connectivity index (χ3n) is 5.98. The van der Waals surface area contributed by atoms with E-state index in [1.807, 2.05) is 36.7 Å². The summed E-state index contributed by atoms with van der Waals surface area (Å²) in [4.78, 5) is 23.2. The fourth-order valence-electron chi connectivity index (χ4n) is 4.11. The second-order valence-corrected chi connectivity index (χ2v) is 8.08. The maximum Gasteiger partial charge on any atom is 0.241 e. The van der Waals surface area contributed by atoms with Crippen LogP contribution in [-0.4, -0.2) is 53.3 Å². The number of hydrogen-bond acceptors (Lipinski definition) is 6. The highest BCUT2D eigenvalue weighted by Crippen LogP contribution is 2.36. The number of aromatic nitrogens is 3. The van der Waals surface area contributed by atoms with Crippen molar-refractivity contribution in [2.75, 3.05) is 31.6 Å². The summed E-state index contributed by atoms with van der Waals surface area (Å²) >= 11 is 0. The number of aryl methyl sites for hydroxylation is 1. The molecule has 0 unspecified atom stereocenters. The summed E-state index contributed by atoms with van der Waals surface area (Å²) in [6, 6.07) is 8.09. The van der Waals surface area contributed by atoms with Gasteiger partial charge >= 0.3 is 0 Å². The van der Waals surface area contributed by atoms with Crippen LogP contribution in [-0.2, 0) is 11.8 Å². The third kappa shape index (κ3) is 3.22. The molecule has 8 nitrogen and oxygen atoms in total. The molecular formula is C22H25N5O3. The largest absolute Gasteiger partial charge is 0.490 e. The Kier molecular flexibility index (Phi) is 4.49. The van der Waals surface area contributed by atoms with E-state index in [9.17, 15) is 4.79 Å². The van der Waals surface area contributed by atoms with Gasteiger partial charge in [-0.1, -0.05) is 0 Å². The summed E-state index contributed by atoms with van der Waals surface area (Å²) < 4.78 is 14.0. The molecule has 156 valence electrons. The molecule has 1 aromatic carbocycles. The zero-order valence-electron chi connectivity index (χ0n) is 17.4. The lowest BCUT2D eigenvalue weighted by Gasteiger charge is -2.28. The number of benzene rings is 1.